The van der Waals surface area contributed by atoms with Crippen molar-refractivity contribution in [3.05, 3.63) is 0 Å². The third-order valence-corrected chi connectivity index (χ3v) is 4.92. The summed E-state index contributed by atoms with van der Waals surface area (Å²) < 4.78 is 14.4. The van der Waals surface area contributed by atoms with Crippen molar-refractivity contribution in [3.63, 3.8) is 0 Å². The number of halogens is 1. The molecule has 23 heavy (non-hydrogen) atoms. The Hall–Kier alpha value is -1.64. The van der Waals surface area contributed by atoms with Crippen molar-refractivity contribution in [2.75, 3.05) is 6.54 Å². The van der Waals surface area contributed by atoms with Gasteiger partial charge in [0.15, 0.2) is 6.10 Å². The number of carbonyl (C=O) groups is 4. The van der Waals surface area contributed by atoms with Crippen LogP contribution in [0, 0.1) is 0 Å². The van der Waals surface area contributed by atoms with Crippen molar-refractivity contribution in [1.82, 2.24) is 4.90 Å². The van der Waals surface area contributed by atoms with E-state index in [2.05, 4.69) is 15.9 Å². The first-order valence-corrected chi connectivity index (χ1v) is 7.97. The highest BCUT2D eigenvalue weighted by Gasteiger charge is 2.63. The smallest absolute Gasteiger partial charge is 0.304 e. The molecule has 4 atom stereocenters. The molecule has 0 saturated carbocycles. The zero-order chi connectivity index (χ0) is 17.4. The van der Waals surface area contributed by atoms with Crippen LogP contribution in [0.15, 0.2) is 0 Å². The number of carbonyl (C=O) groups excluding carboxylic acids is 4. The second-order valence-electron chi connectivity index (χ2n) is 5.57. The lowest BCUT2D eigenvalue weighted by atomic mass is 9.95. The topological polar surface area (TPSA) is 99.2 Å². The van der Waals surface area contributed by atoms with Crippen LogP contribution in [-0.2, 0) is 33.4 Å². The van der Waals surface area contributed by atoms with Gasteiger partial charge in [-0.25, -0.2) is 0 Å². The first kappa shape index (κ1) is 17.7. The van der Waals surface area contributed by atoms with E-state index in [0.29, 0.717) is 6.42 Å². The molecule has 2 fully saturated rings. The van der Waals surface area contributed by atoms with Gasteiger partial charge >= 0.3 is 17.9 Å². The summed E-state index contributed by atoms with van der Waals surface area (Å²) in [5, 5.41) is 0. The van der Waals surface area contributed by atoms with Crippen LogP contribution in [0.25, 0.3) is 0 Å². The van der Waals surface area contributed by atoms with E-state index < -0.39 is 40.7 Å². The van der Waals surface area contributed by atoms with Crippen LogP contribution in [0.2, 0.25) is 0 Å². The number of ether oxygens (including phenoxy) is 3. The maximum absolute atomic E-state index is 12.2. The maximum Gasteiger partial charge on any atom is 0.304 e. The van der Waals surface area contributed by atoms with Crippen molar-refractivity contribution in [2.24, 2.45) is 0 Å². The predicted octanol–water partition coefficient (Wildman–Crippen LogP) is 0.509. The van der Waals surface area contributed by atoms with Gasteiger partial charge in [0.25, 0.3) is 0 Å². The molecule has 0 unspecified atom stereocenters. The van der Waals surface area contributed by atoms with E-state index in [4.69, 9.17) is 14.2 Å². The number of alkyl halides is 1. The van der Waals surface area contributed by atoms with E-state index in [1.54, 1.807) is 0 Å². The molecule has 2 aliphatic rings. The number of rotatable bonds is 3. The molecular formula is C14H18BrNO7. The van der Waals surface area contributed by atoms with Crippen LogP contribution >= 0.6 is 15.9 Å². The highest BCUT2D eigenvalue weighted by atomic mass is 79.9. The molecular weight excluding hydrogens is 374 g/mol. The number of piperidine rings is 1. The molecule has 8 nitrogen and oxygen atoms in total. The third kappa shape index (κ3) is 3.49. The summed E-state index contributed by atoms with van der Waals surface area (Å²) in [6.45, 7) is 3.76. The number of nitrogens with zero attached hydrogens (tertiary/aromatic N) is 1. The SMILES string of the molecule is CC(=O)O[C@@H]1CCC(=O)N2C[C@@H](OC(C)=O)[C@](Br)(OC(C)=O)[C@@H]12. The highest BCUT2D eigenvalue weighted by molar-refractivity contribution is 9.10. The molecule has 1 amide bonds. The molecule has 2 heterocycles. The van der Waals surface area contributed by atoms with Crippen molar-refractivity contribution in [1.29, 1.82) is 0 Å². The van der Waals surface area contributed by atoms with Crippen LogP contribution in [0.4, 0.5) is 0 Å². The molecule has 0 N–H and O–H groups in total. The Labute approximate surface area is 141 Å². The number of fused-ring (bicyclic) bond motifs is 1. The van der Waals surface area contributed by atoms with Gasteiger partial charge in [-0.15, -0.1) is 0 Å². The molecule has 0 aromatic carbocycles. The fraction of sp³-hybridized carbons (Fsp3) is 0.714. The Morgan fingerprint density at radius 3 is 2.26 bits per heavy atom. The highest BCUT2D eigenvalue weighted by Crippen LogP contribution is 2.45. The quantitative estimate of drug-likeness (QED) is 0.392. The molecule has 0 aromatic rings. The fourth-order valence-corrected chi connectivity index (χ4v) is 4.11. The summed E-state index contributed by atoms with van der Waals surface area (Å²) in [7, 11) is 0. The van der Waals surface area contributed by atoms with E-state index >= 15 is 0 Å². The average molecular weight is 392 g/mol. The van der Waals surface area contributed by atoms with Crippen LogP contribution < -0.4 is 0 Å². The van der Waals surface area contributed by atoms with Crippen LogP contribution in [-0.4, -0.2) is 58.0 Å². The Bertz CT molecular complexity index is 551. The Morgan fingerprint density at radius 1 is 1.13 bits per heavy atom. The van der Waals surface area contributed by atoms with Gasteiger partial charge in [-0.2, -0.15) is 0 Å². The lowest BCUT2D eigenvalue weighted by Gasteiger charge is -2.41. The Kier molecular flexibility index (Phi) is 4.98. The van der Waals surface area contributed by atoms with Gasteiger partial charge in [-0.1, -0.05) is 0 Å². The zero-order valence-electron chi connectivity index (χ0n) is 13.0. The molecule has 0 spiro atoms. The van der Waals surface area contributed by atoms with E-state index in [-0.39, 0.29) is 18.9 Å². The molecule has 2 aliphatic heterocycles. The minimum atomic E-state index is -1.46. The van der Waals surface area contributed by atoms with Gasteiger partial charge in [-0.05, 0) is 22.4 Å². The van der Waals surface area contributed by atoms with Gasteiger partial charge < -0.3 is 19.1 Å². The lowest BCUT2D eigenvalue weighted by Crippen LogP contribution is -2.58. The molecule has 0 radical (unpaired) electrons. The number of amides is 1. The van der Waals surface area contributed by atoms with Crippen LogP contribution in [0.5, 0.6) is 0 Å². The normalized spacial score (nSPS) is 33.0. The van der Waals surface area contributed by atoms with Crippen LogP contribution in [0.1, 0.15) is 33.6 Å². The van der Waals surface area contributed by atoms with E-state index in [9.17, 15) is 19.2 Å². The average Bonchev–Trinajstić information content (AvgIpc) is 2.65. The summed E-state index contributed by atoms with van der Waals surface area (Å²) in [5.74, 6) is -1.86. The lowest BCUT2D eigenvalue weighted by molar-refractivity contribution is -0.175. The first-order valence-electron chi connectivity index (χ1n) is 7.17. The van der Waals surface area contributed by atoms with E-state index in [1.807, 2.05) is 0 Å². The molecule has 2 saturated heterocycles. The number of esters is 3. The fourth-order valence-electron chi connectivity index (χ4n) is 3.10. The summed E-state index contributed by atoms with van der Waals surface area (Å²) in [6.07, 6.45) is -1.05. The molecule has 0 aliphatic carbocycles. The van der Waals surface area contributed by atoms with Crippen LogP contribution in [0.3, 0.4) is 0 Å². The molecule has 9 heteroatoms. The maximum atomic E-state index is 12.2. The summed E-state index contributed by atoms with van der Waals surface area (Å²) in [4.78, 5) is 47.8. The Morgan fingerprint density at radius 2 is 1.74 bits per heavy atom. The molecule has 128 valence electrons. The third-order valence-electron chi connectivity index (χ3n) is 3.78. The van der Waals surface area contributed by atoms with Crippen molar-refractivity contribution in [2.45, 2.75) is 56.4 Å². The number of hydrogen-bond acceptors (Lipinski definition) is 7. The monoisotopic (exact) mass is 391 g/mol. The van der Waals surface area contributed by atoms with Crippen molar-refractivity contribution >= 4 is 39.7 Å². The number of hydrogen-bond donors (Lipinski definition) is 0. The summed E-state index contributed by atoms with van der Waals surface area (Å²) in [5.41, 5.74) is 0. The second kappa shape index (κ2) is 6.46. The Balaban J connectivity index is 2.40. The molecule has 0 bridgehead atoms. The minimum absolute atomic E-state index is 0.0549. The minimum Gasteiger partial charge on any atom is -0.460 e. The van der Waals surface area contributed by atoms with Gasteiger partial charge in [0.1, 0.15) is 12.1 Å². The van der Waals surface area contributed by atoms with Gasteiger partial charge in [0.05, 0.1) is 6.54 Å². The zero-order valence-corrected chi connectivity index (χ0v) is 14.6. The summed E-state index contributed by atoms with van der Waals surface area (Å²) in [6, 6.07) is -0.763. The predicted molar refractivity (Wildman–Crippen MR) is 79.3 cm³/mol. The molecule has 0 aromatic heterocycles. The van der Waals surface area contributed by atoms with Gasteiger partial charge in [0, 0.05) is 27.2 Å². The van der Waals surface area contributed by atoms with E-state index in [1.165, 1.54) is 25.7 Å². The van der Waals surface area contributed by atoms with Gasteiger partial charge in [0.2, 0.25) is 10.4 Å². The standard InChI is InChI=1S/C14H18BrNO7/c1-7(17)21-10-4-5-12(20)16-6-11(22-8(2)18)14(15,13(10)16)23-9(3)19/h10-11,13H,4-6H2,1-3H3/t10-,11-,13-,14+/m1/s1. The summed E-state index contributed by atoms with van der Waals surface area (Å²) >= 11 is 3.34. The van der Waals surface area contributed by atoms with E-state index in [0.717, 1.165) is 0 Å². The first-order chi connectivity index (χ1) is 10.6. The second-order valence-corrected chi connectivity index (χ2v) is 6.81. The van der Waals surface area contributed by atoms with Crippen molar-refractivity contribution in [3.8, 4) is 0 Å². The van der Waals surface area contributed by atoms with Crippen molar-refractivity contribution < 1.29 is 33.4 Å². The molecule has 2 rings (SSSR count). The van der Waals surface area contributed by atoms with Gasteiger partial charge in [-0.3, -0.25) is 19.2 Å². The largest absolute Gasteiger partial charge is 0.460 e.